The molecule has 1 N–H and O–H groups in total. The molecule has 0 unspecified atom stereocenters. The van der Waals surface area contributed by atoms with Gasteiger partial charge in [0.05, 0.1) is 11.6 Å². The number of nitrogens with zero attached hydrogens (tertiary/aromatic N) is 1. The molecular weight excluding hydrogens is 262 g/mol. The molecule has 0 spiro atoms. The van der Waals surface area contributed by atoms with Gasteiger partial charge in [-0.2, -0.15) is 5.26 Å². The number of halogens is 2. The van der Waals surface area contributed by atoms with Gasteiger partial charge in [0.25, 0.3) is 5.91 Å². The van der Waals surface area contributed by atoms with Crippen LogP contribution in [0.25, 0.3) is 0 Å². The first kappa shape index (κ1) is 13.7. The van der Waals surface area contributed by atoms with Crippen LogP contribution < -0.4 is 5.32 Å². The molecule has 2 rings (SSSR count). The maximum absolute atomic E-state index is 13.0. The summed E-state index contributed by atoms with van der Waals surface area (Å²) in [7, 11) is 0. The fraction of sp³-hybridized carbons (Fsp3) is 0.0667. The molecule has 0 aliphatic rings. The Balaban J connectivity index is 2.06. The molecule has 3 nitrogen and oxygen atoms in total. The van der Waals surface area contributed by atoms with Crippen molar-refractivity contribution in [1.82, 2.24) is 5.32 Å². The Hall–Kier alpha value is -2.74. The molecule has 20 heavy (non-hydrogen) atoms. The fourth-order valence-corrected chi connectivity index (χ4v) is 1.73. The van der Waals surface area contributed by atoms with Crippen LogP contribution in [0.15, 0.2) is 42.5 Å². The van der Waals surface area contributed by atoms with Crippen molar-refractivity contribution in [2.24, 2.45) is 0 Å². The number of rotatable bonds is 3. The molecule has 0 saturated carbocycles. The standard InChI is InChI=1S/C15H10F2N2O/c16-13-5-11(6-14(17)7-13)9-19-15(20)12-3-1-2-10(4-12)8-18/h1-7H,9H2,(H,19,20). The zero-order valence-electron chi connectivity index (χ0n) is 10.4. The summed E-state index contributed by atoms with van der Waals surface area (Å²) in [5, 5.41) is 11.3. The van der Waals surface area contributed by atoms with E-state index in [1.165, 1.54) is 6.07 Å². The van der Waals surface area contributed by atoms with Crippen molar-refractivity contribution in [2.75, 3.05) is 0 Å². The van der Waals surface area contributed by atoms with Crippen LogP contribution in [0.3, 0.4) is 0 Å². The van der Waals surface area contributed by atoms with Gasteiger partial charge in [-0.25, -0.2) is 8.78 Å². The molecule has 1 amide bonds. The van der Waals surface area contributed by atoms with Crippen molar-refractivity contribution >= 4 is 5.91 Å². The van der Waals surface area contributed by atoms with Gasteiger partial charge in [-0.05, 0) is 35.9 Å². The second-order valence-electron chi connectivity index (χ2n) is 4.15. The summed E-state index contributed by atoms with van der Waals surface area (Å²) in [6, 6.07) is 11.2. The predicted molar refractivity (Wildman–Crippen MR) is 68.7 cm³/mol. The second-order valence-corrected chi connectivity index (χ2v) is 4.15. The zero-order valence-corrected chi connectivity index (χ0v) is 10.4. The molecule has 0 aromatic heterocycles. The smallest absolute Gasteiger partial charge is 0.251 e. The molecule has 0 saturated heterocycles. The van der Waals surface area contributed by atoms with Crippen LogP contribution in [-0.2, 0) is 6.54 Å². The summed E-state index contributed by atoms with van der Waals surface area (Å²) in [6.45, 7) is 0.00426. The molecule has 0 bridgehead atoms. The third-order valence-electron chi connectivity index (χ3n) is 2.63. The van der Waals surface area contributed by atoms with E-state index in [2.05, 4.69) is 5.32 Å². The second kappa shape index (κ2) is 5.93. The minimum absolute atomic E-state index is 0.00426. The molecule has 0 atom stereocenters. The number of carbonyl (C=O) groups excluding carboxylic acids is 1. The van der Waals surface area contributed by atoms with Crippen molar-refractivity contribution < 1.29 is 13.6 Å². The van der Waals surface area contributed by atoms with E-state index >= 15 is 0 Å². The number of hydrogen-bond donors (Lipinski definition) is 1. The van der Waals surface area contributed by atoms with Crippen molar-refractivity contribution in [3.8, 4) is 6.07 Å². The number of carbonyl (C=O) groups is 1. The molecule has 2 aromatic carbocycles. The molecular formula is C15H10F2N2O. The lowest BCUT2D eigenvalue weighted by Gasteiger charge is -2.06. The number of hydrogen-bond acceptors (Lipinski definition) is 2. The van der Waals surface area contributed by atoms with Crippen LogP contribution >= 0.6 is 0 Å². The molecule has 0 heterocycles. The Morgan fingerprint density at radius 3 is 2.50 bits per heavy atom. The van der Waals surface area contributed by atoms with E-state index in [4.69, 9.17) is 5.26 Å². The average Bonchev–Trinajstić information content (AvgIpc) is 2.44. The predicted octanol–water partition coefficient (Wildman–Crippen LogP) is 2.77. The van der Waals surface area contributed by atoms with Gasteiger partial charge >= 0.3 is 0 Å². The zero-order chi connectivity index (χ0) is 14.5. The first-order chi connectivity index (χ1) is 9.58. The Morgan fingerprint density at radius 1 is 1.15 bits per heavy atom. The summed E-state index contributed by atoms with van der Waals surface area (Å²) >= 11 is 0. The molecule has 0 fully saturated rings. The van der Waals surface area contributed by atoms with Crippen LogP contribution in [0.5, 0.6) is 0 Å². The van der Waals surface area contributed by atoms with Gasteiger partial charge in [0.15, 0.2) is 0 Å². The van der Waals surface area contributed by atoms with Crippen molar-refractivity contribution in [1.29, 1.82) is 5.26 Å². The highest BCUT2D eigenvalue weighted by atomic mass is 19.1. The lowest BCUT2D eigenvalue weighted by molar-refractivity contribution is 0.0950. The number of nitrogens with one attached hydrogen (secondary N) is 1. The lowest BCUT2D eigenvalue weighted by Crippen LogP contribution is -2.23. The third kappa shape index (κ3) is 3.39. The number of nitriles is 1. The van der Waals surface area contributed by atoms with E-state index in [1.54, 1.807) is 18.2 Å². The topological polar surface area (TPSA) is 52.9 Å². The molecule has 0 aliphatic carbocycles. The fourth-order valence-electron chi connectivity index (χ4n) is 1.73. The Bertz CT molecular complexity index is 672. The van der Waals surface area contributed by atoms with Gasteiger partial charge < -0.3 is 5.32 Å². The molecule has 0 radical (unpaired) electrons. The number of amides is 1. The van der Waals surface area contributed by atoms with E-state index < -0.39 is 17.5 Å². The first-order valence-corrected chi connectivity index (χ1v) is 5.82. The summed E-state index contributed by atoms with van der Waals surface area (Å²) < 4.78 is 26.0. The van der Waals surface area contributed by atoms with Crippen LogP contribution in [0, 0.1) is 23.0 Å². The van der Waals surface area contributed by atoms with Gasteiger partial charge in [-0.1, -0.05) is 6.07 Å². The summed E-state index contributed by atoms with van der Waals surface area (Å²) in [5.74, 6) is -1.80. The highest BCUT2D eigenvalue weighted by molar-refractivity contribution is 5.94. The highest BCUT2D eigenvalue weighted by Gasteiger charge is 2.07. The van der Waals surface area contributed by atoms with Crippen LogP contribution in [0.2, 0.25) is 0 Å². The minimum Gasteiger partial charge on any atom is -0.348 e. The largest absolute Gasteiger partial charge is 0.348 e. The van der Waals surface area contributed by atoms with Crippen molar-refractivity contribution in [3.63, 3.8) is 0 Å². The van der Waals surface area contributed by atoms with Crippen LogP contribution in [-0.4, -0.2) is 5.91 Å². The molecule has 100 valence electrons. The van der Waals surface area contributed by atoms with Crippen LogP contribution in [0.1, 0.15) is 21.5 Å². The molecule has 2 aromatic rings. The summed E-state index contributed by atoms with van der Waals surface area (Å²) in [6.07, 6.45) is 0. The first-order valence-electron chi connectivity index (χ1n) is 5.82. The lowest BCUT2D eigenvalue weighted by atomic mass is 10.1. The average molecular weight is 272 g/mol. The summed E-state index contributed by atoms with van der Waals surface area (Å²) in [4.78, 5) is 11.8. The monoisotopic (exact) mass is 272 g/mol. The minimum atomic E-state index is -0.694. The molecule has 0 aliphatic heterocycles. The number of benzene rings is 2. The Kier molecular flexibility index (Phi) is 4.06. The van der Waals surface area contributed by atoms with E-state index in [1.807, 2.05) is 6.07 Å². The van der Waals surface area contributed by atoms with Crippen molar-refractivity contribution in [3.05, 3.63) is 70.8 Å². The van der Waals surface area contributed by atoms with Gasteiger partial charge in [-0.3, -0.25) is 4.79 Å². The van der Waals surface area contributed by atoms with E-state index in [0.29, 0.717) is 16.7 Å². The Morgan fingerprint density at radius 2 is 1.85 bits per heavy atom. The molecule has 5 heteroatoms. The van der Waals surface area contributed by atoms with Gasteiger partial charge in [0, 0.05) is 18.2 Å². The van der Waals surface area contributed by atoms with E-state index in [0.717, 1.165) is 18.2 Å². The quantitative estimate of drug-likeness (QED) is 0.934. The van der Waals surface area contributed by atoms with Gasteiger partial charge in [0.1, 0.15) is 11.6 Å². The summed E-state index contributed by atoms with van der Waals surface area (Å²) in [5.41, 5.74) is 1.02. The van der Waals surface area contributed by atoms with Gasteiger partial charge in [0.2, 0.25) is 0 Å². The Labute approximate surface area is 114 Å². The normalized spacial score (nSPS) is 9.85. The van der Waals surface area contributed by atoms with Crippen molar-refractivity contribution in [2.45, 2.75) is 6.54 Å². The third-order valence-corrected chi connectivity index (χ3v) is 2.63. The van der Waals surface area contributed by atoms with E-state index in [-0.39, 0.29) is 6.54 Å². The highest BCUT2D eigenvalue weighted by Crippen LogP contribution is 2.09. The van der Waals surface area contributed by atoms with E-state index in [9.17, 15) is 13.6 Å². The maximum atomic E-state index is 13.0. The van der Waals surface area contributed by atoms with Crippen LogP contribution in [0.4, 0.5) is 8.78 Å². The SMILES string of the molecule is N#Cc1cccc(C(=O)NCc2cc(F)cc(F)c2)c1. The van der Waals surface area contributed by atoms with Gasteiger partial charge in [-0.15, -0.1) is 0 Å². The maximum Gasteiger partial charge on any atom is 0.251 e.